The SMILES string of the molecule is CCOC(=O)C1=C(CNCC(F)(F)C2CCN(C3CC(C(=O)O)C3)C2)NC(c2nccs2)=N[C@H]1c1cccc(F)c1C. The summed E-state index contributed by atoms with van der Waals surface area (Å²) in [5, 5.41) is 17.4. The lowest BCUT2D eigenvalue weighted by atomic mass is 9.79. The average Bonchev–Trinajstić information content (AvgIpc) is 3.62. The lowest BCUT2D eigenvalue weighted by Crippen LogP contribution is -2.48. The second kappa shape index (κ2) is 12.5. The number of likely N-dealkylation sites (tertiary alicyclic amines) is 1. The molecule has 1 aromatic carbocycles. The smallest absolute Gasteiger partial charge is 0.338 e. The lowest BCUT2D eigenvalue weighted by molar-refractivity contribution is -0.147. The topological polar surface area (TPSA) is 116 Å². The van der Waals surface area contributed by atoms with Crippen LogP contribution >= 0.6 is 11.3 Å². The van der Waals surface area contributed by atoms with Crippen LogP contribution in [0.15, 0.2) is 46.0 Å². The van der Waals surface area contributed by atoms with Crippen molar-refractivity contribution in [2.75, 3.05) is 32.8 Å². The molecular formula is C29H34F3N5O4S. The van der Waals surface area contributed by atoms with Crippen molar-refractivity contribution in [3.05, 3.63) is 63.0 Å². The summed E-state index contributed by atoms with van der Waals surface area (Å²) in [4.78, 5) is 35.4. The van der Waals surface area contributed by atoms with Crippen molar-refractivity contribution in [2.24, 2.45) is 16.8 Å². The molecule has 0 amide bonds. The number of carboxylic acids is 1. The molecule has 5 rings (SSSR count). The van der Waals surface area contributed by atoms with Crippen LogP contribution < -0.4 is 10.6 Å². The molecule has 2 fully saturated rings. The Morgan fingerprint density at radius 2 is 2.10 bits per heavy atom. The quantitative estimate of drug-likeness (QED) is 0.331. The van der Waals surface area contributed by atoms with Crippen LogP contribution in [0.3, 0.4) is 0 Å². The summed E-state index contributed by atoms with van der Waals surface area (Å²) in [7, 11) is 0. The molecule has 2 aliphatic heterocycles. The van der Waals surface area contributed by atoms with Gasteiger partial charge in [-0.25, -0.2) is 22.9 Å². The first-order chi connectivity index (χ1) is 20.1. The fraction of sp³-hybridized carbons (Fsp3) is 0.517. The molecule has 0 bridgehead atoms. The normalized spacial score (nSPS) is 24.6. The van der Waals surface area contributed by atoms with Gasteiger partial charge in [-0.2, -0.15) is 0 Å². The van der Waals surface area contributed by atoms with E-state index in [1.54, 1.807) is 31.5 Å². The fourth-order valence-corrected chi connectivity index (χ4v) is 6.42. The predicted molar refractivity (Wildman–Crippen MR) is 151 cm³/mol. The molecule has 1 saturated carbocycles. The van der Waals surface area contributed by atoms with E-state index in [1.807, 2.05) is 4.90 Å². The van der Waals surface area contributed by atoms with E-state index >= 15 is 8.78 Å². The van der Waals surface area contributed by atoms with E-state index in [-0.39, 0.29) is 37.2 Å². The highest BCUT2D eigenvalue weighted by molar-refractivity contribution is 7.11. The summed E-state index contributed by atoms with van der Waals surface area (Å²) >= 11 is 1.32. The number of rotatable bonds is 11. The Morgan fingerprint density at radius 1 is 1.31 bits per heavy atom. The monoisotopic (exact) mass is 605 g/mol. The molecule has 0 spiro atoms. The molecular weight excluding hydrogens is 571 g/mol. The summed E-state index contributed by atoms with van der Waals surface area (Å²) in [5.74, 6) is -5.90. The van der Waals surface area contributed by atoms with Crippen molar-refractivity contribution in [2.45, 2.75) is 51.1 Å². The summed E-state index contributed by atoms with van der Waals surface area (Å²) < 4.78 is 50.7. The van der Waals surface area contributed by atoms with Crippen LogP contribution in [0.4, 0.5) is 13.2 Å². The number of benzene rings is 1. The number of alkyl halides is 2. The van der Waals surface area contributed by atoms with E-state index in [2.05, 4.69) is 15.6 Å². The van der Waals surface area contributed by atoms with Gasteiger partial charge >= 0.3 is 11.9 Å². The van der Waals surface area contributed by atoms with E-state index in [1.165, 1.54) is 23.5 Å². The second-order valence-electron chi connectivity index (χ2n) is 10.9. The van der Waals surface area contributed by atoms with E-state index in [0.717, 1.165) is 0 Å². The number of halogens is 3. The number of thiazole rings is 1. The van der Waals surface area contributed by atoms with Crippen molar-refractivity contribution in [3.63, 3.8) is 0 Å². The summed E-state index contributed by atoms with van der Waals surface area (Å²) in [6.45, 7) is 3.34. The number of aliphatic imine (C=N–C) groups is 1. The molecule has 3 aliphatic rings. The molecule has 3 heterocycles. The Balaban J connectivity index is 1.34. The zero-order valence-electron chi connectivity index (χ0n) is 23.4. The van der Waals surface area contributed by atoms with Gasteiger partial charge in [-0.15, -0.1) is 11.3 Å². The zero-order valence-corrected chi connectivity index (χ0v) is 24.2. The molecule has 13 heteroatoms. The average molecular weight is 606 g/mol. The highest BCUT2D eigenvalue weighted by atomic mass is 32.1. The molecule has 3 N–H and O–H groups in total. The molecule has 1 aliphatic carbocycles. The molecule has 1 saturated heterocycles. The Labute approximate surface area is 245 Å². The van der Waals surface area contributed by atoms with Gasteiger partial charge < -0.3 is 20.5 Å². The number of amidine groups is 1. The van der Waals surface area contributed by atoms with E-state index < -0.39 is 42.2 Å². The van der Waals surface area contributed by atoms with Gasteiger partial charge in [0.25, 0.3) is 5.92 Å². The number of esters is 1. The minimum atomic E-state index is -3.03. The molecule has 1 aromatic heterocycles. The molecule has 1 unspecified atom stereocenters. The van der Waals surface area contributed by atoms with Crippen LogP contribution in [0, 0.1) is 24.6 Å². The molecule has 42 heavy (non-hydrogen) atoms. The van der Waals surface area contributed by atoms with Crippen LogP contribution in [0.25, 0.3) is 0 Å². The summed E-state index contributed by atoms with van der Waals surface area (Å²) in [6, 6.07) is 3.65. The van der Waals surface area contributed by atoms with Gasteiger partial charge in [-0.05, 0) is 56.8 Å². The Kier molecular flexibility index (Phi) is 9.00. The third-order valence-corrected chi connectivity index (χ3v) is 9.10. The van der Waals surface area contributed by atoms with E-state index in [4.69, 9.17) is 14.8 Å². The number of aliphatic carboxylic acids is 1. The van der Waals surface area contributed by atoms with E-state index in [0.29, 0.717) is 53.5 Å². The first-order valence-electron chi connectivity index (χ1n) is 14.0. The Hall–Kier alpha value is -3.29. The molecule has 2 atom stereocenters. The number of hydrogen-bond donors (Lipinski definition) is 3. The van der Waals surface area contributed by atoms with Gasteiger partial charge in [-0.3, -0.25) is 14.7 Å². The van der Waals surface area contributed by atoms with Gasteiger partial charge in [0.15, 0.2) is 10.8 Å². The Bertz CT molecular complexity index is 1380. The number of aromatic nitrogens is 1. The highest BCUT2D eigenvalue weighted by Crippen LogP contribution is 2.39. The molecule has 2 aromatic rings. The van der Waals surface area contributed by atoms with Crippen molar-refractivity contribution in [1.82, 2.24) is 20.5 Å². The maximum Gasteiger partial charge on any atom is 0.338 e. The third-order valence-electron chi connectivity index (χ3n) is 8.32. The maximum absolute atomic E-state index is 15.4. The van der Waals surface area contributed by atoms with E-state index in [9.17, 15) is 14.0 Å². The van der Waals surface area contributed by atoms with Crippen molar-refractivity contribution in [3.8, 4) is 0 Å². The van der Waals surface area contributed by atoms with Gasteiger partial charge in [0.2, 0.25) is 0 Å². The van der Waals surface area contributed by atoms with Crippen LogP contribution in [0.1, 0.15) is 48.4 Å². The summed E-state index contributed by atoms with van der Waals surface area (Å²) in [5.41, 5.74) is 1.20. The number of carbonyl (C=O) groups excluding carboxylic acids is 1. The first kappa shape index (κ1) is 30.2. The largest absolute Gasteiger partial charge is 0.481 e. The van der Waals surface area contributed by atoms with Gasteiger partial charge in [-0.1, -0.05) is 12.1 Å². The van der Waals surface area contributed by atoms with Crippen molar-refractivity contribution in [1.29, 1.82) is 0 Å². The standard InChI is InChI=1S/C29H34F3N5O4S/c1-3-41-28(40)23-22(13-33-15-29(31,32)18-7-9-37(14-18)19-11-17(12-19)27(38)39)35-25(26-34-8-10-42-26)36-24(23)20-5-4-6-21(30)16(20)2/h4-6,8,10,17-19,24,33H,3,7,9,11-15H2,1-2H3,(H,35,36)(H,38,39)/t17?,18?,19?,24-/m0/s1. The number of hydrogen-bond acceptors (Lipinski definition) is 9. The lowest BCUT2D eigenvalue weighted by Gasteiger charge is -2.39. The maximum atomic E-state index is 15.4. The van der Waals surface area contributed by atoms with Crippen LogP contribution in [-0.2, 0) is 14.3 Å². The predicted octanol–water partition coefficient (Wildman–Crippen LogP) is 3.91. The number of ether oxygens (including phenoxy) is 1. The van der Waals surface area contributed by atoms with Crippen LogP contribution in [0.2, 0.25) is 0 Å². The zero-order chi connectivity index (χ0) is 30.0. The molecule has 0 radical (unpaired) electrons. The molecule has 9 nitrogen and oxygen atoms in total. The van der Waals surface area contributed by atoms with Gasteiger partial charge in [0.05, 0.1) is 24.6 Å². The molecule has 226 valence electrons. The number of nitrogens with one attached hydrogen (secondary N) is 2. The second-order valence-corrected chi connectivity index (χ2v) is 11.8. The highest BCUT2D eigenvalue weighted by Gasteiger charge is 2.47. The Morgan fingerprint density at radius 3 is 2.79 bits per heavy atom. The third kappa shape index (κ3) is 6.23. The van der Waals surface area contributed by atoms with Crippen molar-refractivity contribution >= 4 is 29.1 Å². The summed E-state index contributed by atoms with van der Waals surface area (Å²) in [6.07, 6.45) is 2.92. The van der Waals surface area contributed by atoms with Crippen LogP contribution in [-0.4, -0.2) is 77.5 Å². The number of carbonyl (C=O) groups is 2. The van der Waals surface area contributed by atoms with Gasteiger partial charge in [0, 0.05) is 42.3 Å². The number of nitrogens with zero attached hydrogens (tertiary/aromatic N) is 3. The van der Waals surface area contributed by atoms with Gasteiger partial charge in [0.1, 0.15) is 11.9 Å². The fourth-order valence-electron chi connectivity index (χ4n) is 5.83. The number of carboxylic acid groups (broad SMARTS) is 1. The minimum absolute atomic E-state index is 0.0374. The van der Waals surface area contributed by atoms with Crippen LogP contribution in [0.5, 0.6) is 0 Å². The van der Waals surface area contributed by atoms with Crippen molar-refractivity contribution < 1.29 is 32.6 Å². The minimum Gasteiger partial charge on any atom is -0.481 e. The first-order valence-corrected chi connectivity index (χ1v) is 14.9.